The molecule has 48 heavy (non-hydrogen) atoms. The molecule has 2 saturated heterocycles. The minimum absolute atomic E-state index is 0.0593. The number of carbonyl (C=O) groups excluding carboxylic acids is 4. The molecule has 0 radical (unpaired) electrons. The lowest BCUT2D eigenvalue weighted by atomic mass is 9.51. The Kier molecular flexibility index (Phi) is 7.35. The number of rotatable bonds is 6. The third kappa shape index (κ3) is 4.37. The number of benzene rings is 3. The Hall–Kier alpha value is -5.16. The highest BCUT2D eigenvalue weighted by Gasteiger charge is 2.68. The number of carbonyl (C=O) groups is 4. The predicted molar refractivity (Wildman–Crippen MR) is 174 cm³/mol. The molecule has 3 aromatic carbocycles. The van der Waals surface area contributed by atoms with Crippen molar-refractivity contribution in [3.8, 4) is 5.75 Å². The molecule has 1 N–H and O–H groups in total. The van der Waals surface area contributed by atoms with E-state index < -0.39 is 69.4 Å². The summed E-state index contributed by atoms with van der Waals surface area (Å²) in [5.74, 6) is -6.95. The van der Waals surface area contributed by atoms with Crippen LogP contribution < -0.4 is 9.80 Å². The van der Waals surface area contributed by atoms with Gasteiger partial charge in [-0.3, -0.25) is 34.2 Å². The second-order valence-corrected chi connectivity index (χ2v) is 13.3. The highest BCUT2D eigenvalue weighted by Crippen LogP contribution is 2.64. The molecular formula is C36H29ClFN3O7. The summed E-state index contributed by atoms with van der Waals surface area (Å²) in [6.45, 7) is 5.46. The van der Waals surface area contributed by atoms with Crippen molar-refractivity contribution in [2.45, 2.75) is 32.1 Å². The summed E-state index contributed by atoms with van der Waals surface area (Å²) in [4.78, 5) is 69.6. The van der Waals surface area contributed by atoms with E-state index in [-0.39, 0.29) is 40.7 Å². The van der Waals surface area contributed by atoms with Crippen molar-refractivity contribution in [2.24, 2.45) is 29.1 Å². The lowest BCUT2D eigenvalue weighted by molar-refractivity contribution is -0.384. The van der Waals surface area contributed by atoms with Gasteiger partial charge in [0, 0.05) is 23.6 Å². The number of halogens is 2. The van der Waals surface area contributed by atoms with E-state index >= 15 is 0 Å². The lowest BCUT2D eigenvalue weighted by Crippen LogP contribution is -2.49. The molecule has 6 atom stereocenters. The van der Waals surface area contributed by atoms with E-state index in [1.54, 1.807) is 31.2 Å². The van der Waals surface area contributed by atoms with Crippen molar-refractivity contribution in [1.29, 1.82) is 0 Å². The number of non-ortho nitro benzene ring substituents is 1. The number of phenolic OH excluding ortho intramolecular Hbond substituents is 1. The molecule has 4 amide bonds. The first-order valence-corrected chi connectivity index (χ1v) is 15.8. The van der Waals surface area contributed by atoms with E-state index in [2.05, 4.69) is 6.58 Å². The highest BCUT2D eigenvalue weighted by atomic mass is 35.5. The summed E-state index contributed by atoms with van der Waals surface area (Å²) in [7, 11) is 0. The van der Waals surface area contributed by atoms with Gasteiger partial charge in [-0.05, 0) is 68.0 Å². The maximum absolute atomic E-state index is 14.6. The average Bonchev–Trinajstić information content (AvgIpc) is 3.43. The Morgan fingerprint density at radius 3 is 2.40 bits per heavy atom. The number of nitrogens with zero attached hydrogens (tertiary/aromatic N) is 3. The number of imide groups is 2. The van der Waals surface area contributed by atoms with E-state index in [1.807, 2.05) is 6.08 Å². The number of hydrogen-bond donors (Lipinski definition) is 1. The molecule has 0 bridgehead atoms. The van der Waals surface area contributed by atoms with Crippen molar-refractivity contribution >= 4 is 52.3 Å². The van der Waals surface area contributed by atoms with Crippen LogP contribution in [0.5, 0.6) is 5.75 Å². The number of amides is 4. The van der Waals surface area contributed by atoms with Crippen LogP contribution in [0, 0.1) is 45.0 Å². The zero-order valence-electron chi connectivity index (χ0n) is 25.6. The highest BCUT2D eigenvalue weighted by molar-refractivity contribution is 6.32. The number of para-hydroxylation sites is 1. The first kappa shape index (κ1) is 31.4. The van der Waals surface area contributed by atoms with E-state index in [0.717, 1.165) is 15.9 Å². The molecule has 2 aliphatic heterocycles. The van der Waals surface area contributed by atoms with Gasteiger partial charge in [0.05, 0.1) is 44.5 Å². The average molecular weight is 670 g/mol. The fourth-order valence-corrected chi connectivity index (χ4v) is 8.55. The summed E-state index contributed by atoms with van der Waals surface area (Å²) in [6, 6.07) is 13.9. The molecule has 10 nitrogen and oxygen atoms in total. The normalized spacial score (nSPS) is 27.8. The molecule has 3 fully saturated rings. The van der Waals surface area contributed by atoms with E-state index in [1.165, 1.54) is 36.4 Å². The number of fused-ring (bicyclic) bond motifs is 4. The van der Waals surface area contributed by atoms with E-state index in [4.69, 9.17) is 11.6 Å². The van der Waals surface area contributed by atoms with Crippen molar-refractivity contribution in [3.05, 3.63) is 117 Å². The Labute approximate surface area is 279 Å². The summed E-state index contributed by atoms with van der Waals surface area (Å²) in [6.07, 6.45) is 4.07. The van der Waals surface area contributed by atoms with Crippen molar-refractivity contribution in [3.63, 3.8) is 0 Å². The molecule has 0 unspecified atom stereocenters. The van der Waals surface area contributed by atoms with Gasteiger partial charge in [-0.1, -0.05) is 47.5 Å². The molecule has 4 aliphatic rings. The maximum atomic E-state index is 14.6. The SMILES string of the molecule is C=CCc1cccc([C@H]2C3=CC[C@@H]4C(=O)N(c5ccc([N+](=O)[O-])cc5)C(=O)[C@@H]4[C@@H]3C[C@H]3C(=O)N(c4ccc(F)c(Cl)c4)C(=O)[C@@]23C)c1O. The Balaban J connectivity index is 1.37. The van der Waals surface area contributed by atoms with Gasteiger partial charge in [0.2, 0.25) is 23.6 Å². The molecule has 7 rings (SSSR count). The van der Waals surface area contributed by atoms with Gasteiger partial charge < -0.3 is 5.11 Å². The monoisotopic (exact) mass is 669 g/mol. The lowest BCUT2D eigenvalue weighted by Gasteiger charge is -2.49. The van der Waals surface area contributed by atoms with E-state index in [0.29, 0.717) is 23.1 Å². The molecule has 1 saturated carbocycles. The van der Waals surface area contributed by atoms with Crippen molar-refractivity contribution in [1.82, 2.24) is 0 Å². The fraction of sp³-hybridized carbons (Fsp3) is 0.278. The molecular weight excluding hydrogens is 641 g/mol. The number of allylic oxidation sites excluding steroid dienone is 3. The van der Waals surface area contributed by atoms with E-state index in [9.17, 15) is 38.8 Å². The van der Waals surface area contributed by atoms with Crippen LogP contribution in [-0.2, 0) is 25.6 Å². The van der Waals surface area contributed by atoms with Gasteiger partial charge in [0.25, 0.3) is 5.69 Å². The van der Waals surface area contributed by atoms with Crippen LogP contribution in [0.15, 0.2) is 85.0 Å². The third-order valence-electron chi connectivity index (χ3n) is 10.6. The fourth-order valence-electron chi connectivity index (χ4n) is 8.37. The van der Waals surface area contributed by atoms with Crippen LogP contribution >= 0.6 is 11.6 Å². The van der Waals surface area contributed by atoms with Crippen molar-refractivity contribution in [2.75, 3.05) is 9.80 Å². The number of nitro groups is 1. The molecule has 12 heteroatoms. The van der Waals surface area contributed by atoms with Crippen LogP contribution in [0.25, 0.3) is 0 Å². The van der Waals surface area contributed by atoms with Crippen LogP contribution in [0.2, 0.25) is 5.02 Å². The van der Waals surface area contributed by atoms with Crippen LogP contribution in [0.3, 0.4) is 0 Å². The second-order valence-electron chi connectivity index (χ2n) is 12.9. The Morgan fingerprint density at radius 2 is 1.73 bits per heavy atom. The molecule has 2 heterocycles. The van der Waals surface area contributed by atoms with Gasteiger partial charge in [-0.25, -0.2) is 9.29 Å². The maximum Gasteiger partial charge on any atom is 0.269 e. The van der Waals surface area contributed by atoms with Gasteiger partial charge in [-0.15, -0.1) is 6.58 Å². The molecule has 244 valence electrons. The minimum atomic E-state index is -1.43. The minimum Gasteiger partial charge on any atom is -0.507 e. The molecule has 0 spiro atoms. The smallest absolute Gasteiger partial charge is 0.269 e. The summed E-state index contributed by atoms with van der Waals surface area (Å²) >= 11 is 6.06. The van der Waals surface area contributed by atoms with Gasteiger partial charge in [-0.2, -0.15) is 0 Å². The molecule has 3 aromatic rings. The summed E-state index contributed by atoms with van der Waals surface area (Å²) < 4.78 is 14.1. The zero-order chi connectivity index (χ0) is 34.2. The number of phenols is 1. The number of aromatic hydroxyl groups is 1. The Morgan fingerprint density at radius 1 is 1.02 bits per heavy atom. The topological polar surface area (TPSA) is 138 Å². The first-order chi connectivity index (χ1) is 22.9. The second kappa shape index (κ2) is 11.2. The van der Waals surface area contributed by atoms with Gasteiger partial charge in [0.15, 0.2) is 0 Å². The standard InChI is InChI=1S/C36H29ClFN3O7/c1-3-5-18-6-4-7-24(31(18)42)30-22-13-14-23-29(34(45)39(32(23)43)19-8-10-20(11-9-19)41(47)48)25(22)17-26-33(44)40(35(46)36(26,30)2)21-12-15-28(38)27(37)16-21/h3-4,6-13,15-16,23,25-26,29-30,42H,1,5,14,17H2,2H3/t23-,25+,26-,29-,30+,36+/m0/s1. The van der Waals surface area contributed by atoms with Crippen LogP contribution in [-0.4, -0.2) is 33.7 Å². The first-order valence-electron chi connectivity index (χ1n) is 15.5. The third-order valence-corrected chi connectivity index (χ3v) is 10.9. The number of anilines is 2. The molecule has 2 aliphatic carbocycles. The van der Waals surface area contributed by atoms with Crippen LogP contribution in [0.4, 0.5) is 21.5 Å². The summed E-state index contributed by atoms with van der Waals surface area (Å²) in [5, 5.41) is 22.6. The van der Waals surface area contributed by atoms with Gasteiger partial charge in [0.1, 0.15) is 11.6 Å². The van der Waals surface area contributed by atoms with Crippen molar-refractivity contribution < 1.29 is 33.6 Å². The summed E-state index contributed by atoms with van der Waals surface area (Å²) in [5.41, 5.74) is 0.319. The molecule has 0 aromatic heterocycles. The zero-order valence-corrected chi connectivity index (χ0v) is 26.4. The predicted octanol–water partition coefficient (Wildman–Crippen LogP) is 6.26. The number of nitro benzene ring substituents is 1. The van der Waals surface area contributed by atoms with Crippen LogP contribution in [0.1, 0.15) is 36.8 Å². The van der Waals surface area contributed by atoms with Gasteiger partial charge >= 0.3 is 0 Å². The Bertz CT molecular complexity index is 2000. The largest absolute Gasteiger partial charge is 0.507 e. The quantitative estimate of drug-likeness (QED) is 0.142. The number of hydrogen-bond acceptors (Lipinski definition) is 7.